The number of oxime groups is 1. The van der Waals surface area contributed by atoms with Crippen molar-refractivity contribution in [2.45, 2.75) is 20.8 Å². The minimum atomic E-state index is 0.647. The number of nitrogens with zero attached hydrogens (tertiary/aromatic N) is 1. The van der Waals surface area contributed by atoms with Crippen molar-refractivity contribution in [1.29, 1.82) is 0 Å². The van der Waals surface area contributed by atoms with E-state index >= 15 is 0 Å². The van der Waals surface area contributed by atoms with E-state index in [0.29, 0.717) is 5.71 Å². The molecule has 2 nitrogen and oxygen atoms in total. The molecule has 1 aromatic rings. The second kappa shape index (κ2) is 4.61. The summed E-state index contributed by atoms with van der Waals surface area (Å²) in [5, 5.41) is 11.8. The van der Waals surface area contributed by atoms with Crippen molar-refractivity contribution in [3.63, 3.8) is 0 Å². The summed E-state index contributed by atoms with van der Waals surface area (Å²) in [6.07, 6.45) is 2.02. The molecule has 0 aliphatic carbocycles. The molecular weight excluding hydrogens is 174 g/mol. The lowest BCUT2D eigenvalue weighted by molar-refractivity contribution is 0.319. The lowest BCUT2D eigenvalue weighted by Gasteiger charge is -2.01. The zero-order chi connectivity index (χ0) is 10.6. The van der Waals surface area contributed by atoms with Gasteiger partial charge < -0.3 is 5.21 Å². The Morgan fingerprint density at radius 3 is 2.50 bits per heavy atom. The van der Waals surface area contributed by atoms with Gasteiger partial charge in [-0.2, -0.15) is 0 Å². The van der Waals surface area contributed by atoms with Gasteiger partial charge in [0.2, 0.25) is 0 Å². The van der Waals surface area contributed by atoms with E-state index in [1.54, 1.807) is 6.92 Å². The van der Waals surface area contributed by atoms with Crippen LogP contribution in [-0.2, 0) is 0 Å². The highest BCUT2D eigenvalue weighted by molar-refractivity contribution is 6.01. The fraction of sp³-hybridized carbons (Fsp3) is 0.250. The molecule has 74 valence electrons. The Kier molecular flexibility index (Phi) is 3.46. The summed E-state index contributed by atoms with van der Waals surface area (Å²) in [5.41, 5.74) is 4.00. The van der Waals surface area contributed by atoms with Gasteiger partial charge in [-0.05, 0) is 43.5 Å². The second-order valence-electron chi connectivity index (χ2n) is 3.37. The van der Waals surface area contributed by atoms with Crippen LogP contribution in [0.2, 0.25) is 0 Å². The summed E-state index contributed by atoms with van der Waals surface area (Å²) < 4.78 is 0. The van der Waals surface area contributed by atoms with E-state index in [2.05, 4.69) is 18.1 Å². The third-order valence-electron chi connectivity index (χ3n) is 2.28. The summed E-state index contributed by atoms with van der Waals surface area (Å²) in [6.45, 7) is 5.77. The third-order valence-corrected chi connectivity index (χ3v) is 2.28. The van der Waals surface area contributed by atoms with E-state index in [4.69, 9.17) is 5.21 Å². The number of hydrogen-bond acceptors (Lipinski definition) is 2. The molecule has 0 aliphatic rings. The highest BCUT2D eigenvalue weighted by Crippen LogP contribution is 2.12. The maximum atomic E-state index is 8.60. The van der Waals surface area contributed by atoms with Gasteiger partial charge in [0.25, 0.3) is 0 Å². The highest BCUT2D eigenvalue weighted by Gasteiger charge is 1.97. The fourth-order valence-corrected chi connectivity index (χ4v) is 1.17. The van der Waals surface area contributed by atoms with Crippen LogP contribution in [0.4, 0.5) is 0 Å². The van der Waals surface area contributed by atoms with Crippen LogP contribution in [0.5, 0.6) is 0 Å². The van der Waals surface area contributed by atoms with Crippen LogP contribution in [0.15, 0.2) is 35.0 Å². The lowest BCUT2D eigenvalue weighted by Crippen LogP contribution is -1.93. The Hall–Kier alpha value is -1.57. The smallest absolute Gasteiger partial charge is 0.0794 e. The van der Waals surface area contributed by atoms with Crippen LogP contribution in [0, 0.1) is 6.92 Å². The summed E-state index contributed by atoms with van der Waals surface area (Å²) in [4.78, 5) is 0. The quantitative estimate of drug-likeness (QED) is 0.432. The van der Waals surface area contributed by atoms with Crippen LogP contribution in [0.3, 0.4) is 0 Å². The first kappa shape index (κ1) is 10.5. The first-order valence-corrected chi connectivity index (χ1v) is 4.58. The molecule has 0 aromatic heterocycles. The van der Waals surface area contributed by atoms with Crippen molar-refractivity contribution in [2.75, 3.05) is 0 Å². The second-order valence-corrected chi connectivity index (χ2v) is 3.37. The number of hydrogen-bond donors (Lipinski definition) is 1. The SMILES string of the molecule is CC(=C/c1ccccc1C)/C(C)=N/O. The van der Waals surface area contributed by atoms with Crippen LogP contribution in [-0.4, -0.2) is 10.9 Å². The molecule has 0 heterocycles. The van der Waals surface area contributed by atoms with E-state index in [-0.39, 0.29) is 0 Å². The van der Waals surface area contributed by atoms with E-state index in [1.165, 1.54) is 5.56 Å². The van der Waals surface area contributed by atoms with Crippen molar-refractivity contribution in [3.8, 4) is 0 Å². The van der Waals surface area contributed by atoms with Crippen LogP contribution in [0.1, 0.15) is 25.0 Å². The van der Waals surface area contributed by atoms with E-state index in [9.17, 15) is 0 Å². The molecule has 1 aromatic carbocycles. The van der Waals surface area contributed by atoms with Gasteiger partial charge in [0.05, 0.1) is 5.71 Å². The molecule has 0 saturated carbocycles. The van der Waals surface area contributed by atoms with E-state index in [0.717, 1.165) is 11.1 Å². The minimum Gasteiger partial charge on any atom is -0.411 e. The summed E-state index contributed by atoms with van der Waals surface area (Å²) >= 11 is 0. The van der Waals surface area contributed by atoms with E-state index < -0.39 is 0 Å². The van der Waals surface area contributed by atoms with Crippen LogP contribution < -0.4 is 0 Å². The molecule has 0 fully saturated rings. The maximum Gasteiger partial charge on any atom is 0.0794 e. The highest BCUT2D eigenvalue weighted by atomic mass is 16.4. The summed E-state index contributed by atoms with van der Waals surface area (Å²) in [5.74, 6) is 0. The predicted molar refractivity (Wildman–Crippen MR) is 59.7 cm³/mol. The first-order chi connectivity index (χ1) is 6.65. The summed E-state index contributed by atoms with van der Waals surface area (Å²) in [7, 11) is 0. The van der Waals surface area contributed by atoms with Crippen molar-refractivity contribution >= 4 is 11.8 Å². The predicted octanol–water partition coefficient (Wildman–Crippen LogP) is 3.25. The van der Waals surface area contributed by atoms with Gasteiger partial charge in [-0.15, -0.1) is 0 Å². The Bertz CT molecular complexity index is 378. The lowest BCUT2D eigenvalue weighted by atomic mass is 10.0. The van der Waals surface area contributed by atoms with Gasteiger partial charge in [-0.1, -0.05) is 29.4 Å². The monoisotopic (exact) mass is 189 g/mol. The molecular formula is C12H15NO. The molecule has 1 rings (SSSR count). The average molecular weight is 189 g/mol. The molecule has 0 radical (unpaired) electrons. The van der Waals surface area contributed by atoms with Crippen molar-refractivity contribution in [2.24, 2.45) is 5.16 Å². The normalized spacial score (nSPS) is 13.1. The molecule has 2 heteroatoms. The topological polar surface area (TPSA) is 32.6 Å². The number of allylic oxidation sites excluding steroid dienone is 1. The number of rotatable bonds is 2. The average Bonchev–Trinajstić information content (AvgIpc) is 2.20. The Morgan fingerprint density at radius 2 is 1.93 bits per heavy atom. The fourth-order valence-electron chi connectivity index (χ4n) is 1.17. The van der Waals surface area contributed by atoms with Gasteiger partial charge >= 0.3 is 0 Å². The molecule has 0 bridgehead atoms. The first-order valence-electron chi connectivity index (χ1n) is 4.58. The Labute approximate surface area is 84.6 Å². The number of benzene rings is 1. The van der Waals surface area contributed by atoms with E-state index in [1.807, 2.05) is 31.2 Å². The van der Waals surface area contributed by atoms with Crippen molar-refractivity contribution < 1.29 is 5.21 Å². The molecule has 0 unspecified atom stereocenters. The van der Waals surface area contributed by atoms with Gasteiger partial charge in [0.15, 0.2) is 0 Å². The minimum absolute atomic E-state index is 0.647. The zero-order valence-corrected chi connectivity index (χ0v) is 8.78. The summed E-state index contributed by atoms with van der Waals surface area (Å²) in [6, 6.07) is 8.11. The standard InChI is InChI=1S/C12H15NO/c1-9-6-4-5-7-12(9)8-10(2)11(3)13-14/h4-8,14H,1-3H3/b10-8-,13-11+. The van der Waals surface area contributed by atoms with Crippen molar-refractivity contribution in [3.05, 3.63) is 41.0 Å². The van der Waals surface area contributed by atoms with Gasteiger partial charge in [0.1, 0.15) is 0 Å². The van der Waals surface area contributed by atoms with Gasteiger partial charge in [0, 0.05) is 0 Å². The zero-order valence-electron chi connectivity index (χ0n) is 8.78. The molecule has 0 spiro atoms. The molecule has 0 amide bonds. The third kappa shape index (κ3) is 2.46. The van der Waals surface area contributed by atoms with Crippen molar-refractivity contribution in [1.82, 2.24) is 0 Å². The van der Waals surface area contributed by atoms with Gasteiger partial charge in [-0.25, -0.2) is 0 Å². The molecule has 14 heavy (non-hydrogen) atoms. The Balaban J connectivity index is 3.04. The molecule has 0 atom stereocenters. The molecule has 1 N–H and O–H groups in total. The van der Waals surface area contributed by atoms with Gasteiger partial charge in [-0.3, -0.25) is 0 Å². The Morgan fingerprint density at radius 1 is 1.29 bits per heavy atom. The van der Waals surface area contributed by atoms with Crippen LogP contribution >= 0.6 is 0 Å². The largest absolute Gasteiger partial charge is 0.411 e. The maximum absolute atomic E-state index is 8.60. The number of aryl methyl sites for hydroxylation is 1. The molecule has 0 aliphatic heterocycles. The van der Waals surface area contributed by atoms with Crippen LogP contribution in [0.25, 0.3) is 6.08 Å². The molecule has 0 saturated heterocycles.